The molecule has 25 heavy (non-hydrogen) atoms. The lowest BCUT2D eigenvalue weighted by atomic mass is 10.1. The Bertz CT molecular complexity index is 847. The van der Waals surface area contributed by atoms with Crippen molar-refractivity contribution >= 4 is 5.91 Å². The van der Waals surface area contributed by atoms with Crippen LogP contribution < -0.4 is 10.1 Å². The molecule has 0 aliphatic rings. The van der Waals surface area contributed by atoms with E-state index in [4.69, 9.17) is 4.74 Å². The van der Waals surface area contributed by atoms with E-state index in [0.29, 0.717) is 24.5 Å². The number of carbonyl (C=O) groups excluding carboxylic acids is 1. The van der Waals surface area contributed by atoms with Crippen molar-refractivity contribution in [3.8, 4) is 11.6 Å². The number of hydrogen-bond acceptors (Lipinski definition) is 6. The molecule has 1 aromatic carbocycles. The standard InChI is InChI=1S/C16H19N7O2/c1-10-6-11(2)14(12(3)7-10)25-5-4-17-16(24)13-8-18-20-15(13)23-9-19-21-22-23/h6-9H,4-5H2,1-3H3,(H,17,24)(H,18,20). The molecule has 0 spiro atoms. The maximum absolute atomic E-state index is 12.3. The monoisotopic (exact) mass is 341 g/mol. The molecule has 0 fully saturated rings. The van der Waals surface area contributed by atoms with Crippen molar-refractivity contribution in [1.82, 2.24) is 35.7 Å². The van der Waals surface area contributed by atoms with Crippen LogP contribution in [0.2, 0.25) is 0 Å². The van der Waals surface area contributed by atoms with Gasteiger partial charge in [-0.05, 0) is 42.3 Å². The number of aromatic amines is 1. The maximum atomic E-state index is 12.3. The van der Waals surface area contributed by atoms with E-state index in [1.54, 1.807) is 0 Å². The lowest BCUT2D eigenvalue weighted by Gasteiger charge is -2.13. The van der Waals surface area contributed by atoms with Crippen LogP contribution in [-0.4, -0.2) is 49.5 Å². The van der Waals surface area contributed by atoms with Gasteiger partial charge >= 0.3 is 0 Å². The number of tetrazole rings is 1. The fourth-order valence-corrected chi connectivity index (χ4v) is 2.69. The van der Waals surface area contributed by atoms with E-state index in [0.717, 1.165) is 16.9 Å². The number of aromatic nitrogens is 6. The van der Waals surface area contributed by atoms with Gasteiger partial charge in [-0.2, -0.15) is 9.78 Å². The fraction of sp³-hybridized carbons (Fsp3) is 0.312. The summed E-state index contributed by atoms with van der Waals surface area (Å²) >= 11 is 0. The summed E-state index contributed by atoms with van der Waals surface area (Å²) in [6, 6.07) is 4.15. The van der Waals surface area contributed by atoms with Gasteiger partial charge in [-0.15, -0.1) is 5.10 Å². The summed E-state index contributed by atoms with van der Waals surface area (Å²) < 4.78 is 7.16. The van der Waals surface area contributed by atoms with E-state index >= 15 is 0 Å². The normalized spacial score (nSPS) is 10.7. The van der Waals surface area contributed by atoms with E-state index in [-0.39, 0.29) is 5.91 Å². The first-order valence-corrected chi connectivity index (χ1v) is 7.82. The molecule has 2 aromatic heterocycles. The van der Waals surface area contributed by atoms with E-state index in [2.05, 4.69) is 50.1 Å². The molecule has 3 rings (SSSR count). The van der Waals surface area contributed by atoms with Crippen molar-refractivity contribution in [3.63, 3.8) is 0 Å². The summed E-state index contributed by atoms with van der Waals surface area (Å²) in [5, 5.41) is 20.2. The molecule has 130 valence electrons. The molecule has 0 bridgehead atoms. The van der Waals surface area contributed by atoms with Gasteiger partial charge in [-0.1, -0.05) is 17.7 Å². The Morgan fingerprint density at radius 3 is 2.72 bits per heavy atom. The van der Waals surface area contributed by atoms with E-state index in [9.17, 15) is 4.79 Å². The molecule has 1 amide bonds. The summed E-state index contributed by atoms with van der Waals surface area (Å²) in [6.07, 6.45) is 2.82. The van der Waals surface area contributed by atoms with Crippen LogP contribution in [0.4, 0.5) is 0 Å². The largest absolute Gasteiger partial charge is 0.491 e. The van der Waals surface area contributed by atoms with Crippen LogP contribution in [0.5, 0.6) is 5.75 Å². The van der Waals surface area contributed by atoms with Gasteiger partial charge in [0.25, 0.3) is 5.91 Å². The molecular weight excluding hydrogens is 322 g/mol. The van der Waals surface area contributed by atoms with Gasteiger partial charge in [0.1, 0.15) is 24.2 Å². The second-order valence-corrected chi connectivity index (χ2v) is 5.72. The van der Waals surface area contributed by atoms with Gasteiger partial charge in [-0.3, -0.25) is 9.89 Å². The molecule has 0 saturated carbocycles. The van der Waals surface area contributed by atoms with Gasteiger partial charge in [0.2, 0.25) is 0 Å². The van der Waals surface area contributed by atoms with Crippen LogP contribution >= 0.6 is 0 Å². The second kappa shape index (κ2) is 7.12. The average Bonchev–Trinajstić information content (AvgIpc) is 3.23. The van der Waals surface area contributed by atoms with E-state index in [1.165, 1.54) is 22.8 Å². The number of amides is 1. The molecule has 0 aliphatic heterocycles. The number of aryl methyl sites for hydroxylation is 3. The first-order chi connectivity index (χ1) is 12.1. The van der Waals surface area contributed by atoms with Gasteiger partial charge in [0, 0.05) is 0 Å². The molecule has 3 aromatic rings. The Hall–Kier alpha value is -3.23. The molecule has 0 aliphatic carbocycles. The zero-order valence-electron chi connectivity index (χ0n) is 14.3. The van der Waals surface area contributed by atoms with Crippen LogP contribution in [0.25, 0.3) is 5.82 Å². The highest BCUT2D eigenvalue weighted by Crippen LogP contribution is 2.24. The number of carbonyl (C=O) groups is 1. The number of hydrogen-bond donors (Lipinski definition) is 2. The van der Waals surface area contributed by atoms with E-state index < -0.39 is 0 Å². The van der Waals surface area contributed by atoms with Crippen molar-refractivity contribution in [2.75, 3.05) is 13.2 Å². The minimum Gasteiger partial charge on any atom is -0.491 e. The number of rotatable bonds is 6. The minimum atomic E-state index is -0.278. The fourth-order valence-electron chi connectivity index (χ4n) is 2.69. The molecule has 9 heteroatoms. The number of benzene rings is 1. The van der Waals surface area contributed by atoms with Crippen LogP contribution in [0.15, 0.2) is 24.7 Å². The predicted octanol–water partition coefficient (Wildman–Crippen LogP) is 1.12. The molecule has 2 N–H and O–H groups in total. The second-order valence-electron chi connectivity index (χ2n) is 5.72. The van der Waals surface area contributed by atoms with Crippen LogP contribution in [0.1, 0.15) is 27.0 Å². The highest BCUT2D eigenvalue weighted by Gasteiger charge is 2.16. The smallest absolute Gasteiger partial charge is 0.256 e. The van der Waals surface area contributed by atoms with Crippen LogP contribution in [0.3, 0.4) is 0 Å². The average molecular weight is 341 g/mol. The van der Waals surface area contributed by atoms with Crippen LogP contribution in [-0.2, 0) is 0 Å². The summed E-state index contributed by atoms with van der Waals surface area (Å²) in [6.45, 7) is 6.81. The molecule has 0 saturated heterocycles. The maximum Gasteiger partial charge on any atom is 0.256 e. The van der Waals surface area contributed by atoms with E-state index in [1.807, 2.05) is 13.8 Å². The molecule has 0 atom stereocenters. The lowest BCUT2D eigenvalue weighted by molar-refractivity contribution is 0.0947. The van der Waals surface area contributed by atoms with Crippen molar-refractivity contribution in [2.24, 2.45) is 0 Å². The predicted molar refractivity (Wildman–Crippen MR) is 89.8 cm³/mol. The molecule has 0 radical (unpaired) electrons. The zero-order chi connectivity index (χ0) is 17.8. The number of nitrogens with zero attached hydrogens (tertiary/aromatic N) is 5. The van der Waals surface area contributed by atoms with Gasteiger partial charge in [0.15, 0.2) is 5.82 Å². The van der Waals surface area contributed by atoms with Crippen molar-refractivity contribution in [3.05, 3.63) is 46.9 Å². The first-order valence-electron chi connectivity index (χ1n) is 7.82. The first kappa shape index (κ1) is 16.6. The van der Waals surface area contributed by atoms with Crippen LogP contribution in [0, 0.1) is 20.8 Å². The quantitative estimate of drug-likeness (QED) is 0.650. The van der Waals surface area contributed by atoms with Gasteiger partial charge in [0.05, 0.1) is 12.7 Å². The Morgan fingerprint density at radius 1 is 1.28 bits per heavy atom. The third-order valence-corrected chi connectivity index (χ3v) is 3.68. The molecule has 2 heterocycles. The van der Waals surface area contributed by atoms with Gasteiger partial charge in [-0.25, -0.2) is 0 Å². The number of ether oxygens (including phenoxy) is 1. The molecule has 0 unspecified atom stereocenters. The SMILES string of the molecule is Cc1cc(C)c(OCCNC(=O)c2cn[nH]c2-n2cnnn2)c(C)c1. The Labute approximate surface area is 144 Å². The van der Waals surface area contributed by atoms with Crippen molar-refractivity contribution in [1.29, 1.82) is 0 Å². The highest BCUT2D eigenvalue weighted by atomic mass is 16.5. The summed E-state index contributed by atoms with van der Waals surface area (Å²) in [4.78, 5) is 12.3. The number of nitrogens with one attached hydrogen (secondary N) is 2. The molecule has 9 nitrogen and oxygen atoms in total. The molecular formula is C16H19N7O2. The third-order valence-electron chi connectivity index (χ3n) is 3.68. The zero-order valence-corrected chi connectivity index (χ0v) is 14.3. The Kier molecular flexibility index (Phi) is 4.73. The number of H-pyrrole nitrogens is 1. The Morgan fingerprint density at radius 2 is 2.04 bits per heavy atom. The topological polar surface area (TPSA) is 111 Å². The Balaban J connectivity index is 1.57. The van der Waals surface area contributed by atoms with Crippen molar-refractivity contribution in [2.45, 2.75) is 20.8 Å². The van der Waals surface area contributed by atoms with Crippen molar-refractivity contribution < 1.29 is 9.53 Å². The minimum absolute atomic E-state index is 0.278. The highest BCUT2D eigenvalue weighted by molar-refractivity contribution is 5.96. The van der Waals surface area contributed by atoms with Gasteiger partial charge < -0.3 is 10.1 Å². The summed E-state index contributed by atoms with van der Waals surface area (Å²) in [5.41, 5.74) is 3.72. The lowest BCUT2D eigenvalue weighted by Crippen LogP contribution is -2.28. The summed E-state index contributed by atoms with van der Waals surface area (Å²) in [5.74, 6) is 0.992. The third kappa shape index (κ3) is 3.65. The summed E-state index contributed by atoms with van der Waals surface area (Å²) in [7, 11) is 0.